The number of rotatable bonds is 6. The molecule has 0 aromatic rings. The molecule has 0 unspecified atom stereocenters. The molecule has 0 amide bonds. The third-order valence-corrected chi connectivity index (χ3v) is 1.48. The number of nitrogens with two attached hydrogens (primary N) is 1. The molecule has 0 aliphatic rings. The van der Waals surface area contributed by atoms with E-state index in [2.05, 4.69) is 17.3 Å². The number of nitrogens with zero attached hydrogens (tertiary/aromatic N) is 1. The zero-order valence-electron chi connectivity index (χ0n) is 7.06. The Hall–Kier alpha value is -0.120. The van der Waals surface area contributed by atoms with Crippen molar-refractivity contribution in [3.05, 3.63) is 0 Å². The fourth-order valence-corrected chi connectivity index (χ4v) is 0.858. The first kappa shape index (κ1) is 9.88. The highest BCUT2D eigenvalue weighted by molar-refractivity contribution is 4.52. The van der Waals surface area contributed by atoms with Gasteiger partial charge in [0.15, 0.2) is 0 Å². The Morgan fingerprint density at radius 1 is 1.40 bits per heavy atom. The van der Waals surface area contributed by atoms with Crippen molar-refractivity contribution in [3.63, 3.8) is 0 Å². The van der Waals surface area contributed by atoms with Crippen molar-refractivity contribution in [2.75, 3.05) is 40.3 Å². The second kappa shape index (κ2) is 6.99. The molecular weight excluding hydrogens is 126 g/mol. The van der Waals surface area contributed by atoms with Gasteiger partial charge < -0.3 is 16.0 Å². The highest BCUT2D eigenvalue weighted by Gasteiger charge is 1.93. The molecule has 0 spiro atoms. The molecule has 0 aliphatic carbocycles. The second-order valence-corrected chi connectivity index (χ2v) is 2.55. The first-order chi connectivity index (χ1) is 4.81. The van der Waals surface area contributed by atoms with Crippen LogP contribution in [0.5, 0.6) is 0 Å². The number of hydrogen-bond acceptors (Lipinski definition) is 3. The summed E-state index contributed by atoms with van der Waals surface area (Å²) in [6, 6.07) is 0. The molecule has 0 rings (SSSR count). The van der Waals surface area contributed by atoms with E-state index in [9.17, 15) is 0 Å². The predicted octanol–water partition coefficient (Wildman–Crippen LogP) is -0.514. The molecule has 0 aromatic heterocycles. The first-order valence-corrected chi connectivity index (χ1v) is 3.84. The lowest BCUT2D eigenvalue weighted by Gasteiger charge is -2.14. The fourth-order valence-electron chi connectivity index (χ4n) is 0.858. The van der Waals surface area contributed by atoms with Gasteiger partial charge in [-0.25, -0.2) is 0 Å². The summed E-state index contributed by atoms with van der Waals surface area (Å²) in [7, 11) is 4.07. The average Bonchev–Trinajstić information content (AvgIpc) is 1.89. The van der Waals surface area contributed by atoms with Crippen LogP contribution < -0.4 is 11.1 Å². The van der Waals surface area contributed by atoms with E-state index in [0.717, 1.165) is 26.2 Å². The van der Waals surface area contributed by atoms with E-state index in [1.807, 2.05) is 7.05 Å². The van der Waals surface area contributed by atoms with Gasteiger partial charge in [0.05, 0.1) is 0 Å². The van der Waals surface area contributed by atoms with E-state index in [-0.39, 0.29) is 0 Å². The summed E-state index contributed by atoms with van der Waals surface area (Å²) in [5.74, 6) is 0. The quantitative estimate of drug-likeness (QED) is 0.494. The lowest BCUT2D eigenvalue weighted by Crippen LogP contribution is -2.28. The Balaban J connectivity index is 2.97. The average molecular weight is 145 g/mol. The Morgan fingerprint density at radius 3 is 2.60 bits per heavy atom. The van der Waals surface area contributed by atoms with E-state index >= 15 is 0 Å². The van der Waals surface area contributed by atoms with Crippen molar-refractivity contribution in [1.29, 1.82) is 0 Å². The zero-order valence-corrected chi connectivity index (χ0v) is 7.06. The summed E-state index contributed by atoms with van der Waals surface area (Å²) in [6.45, 7) is 3.99. The monoisotopic (exact) mass is 145 g/mol. The van der Waals surface area contributed by atoms with Crippen LogP contribution in [0.3, 0.4) is 0 Å². The highest BCUT2D eigenvalue weighted by Crippen LogP contribution is 1.83. The summed E-state index contributed by atoms with van der Waals surface area (Å²) in [5, 5.41) is 3.11. The lowest BCUT2D eigenvalue weighted by atomic mass is 10.4. The van der Waals surface area contributed by atoms with Crippen LogP contribution in [0.1, 0.15) is 6.42 Å². The fraction of sp³-hybridized carbons (Fsp3) is 1.00. The smallest absolute Gasteiger partial charge is 0.0102 e. The maximum atomic E-state index is 5.38. The van der Waals surface area contributed by atoms with Crippen LogP contribution in [-0.2, 0) is 0 Å². The van der Waals surface area contributed by atoms with Gasteiger partial charge in [0.25, 0.3) is 0 Å². The molecule has 0 fully saturated rings. The minimum absolute atomic E-state index is 0.760. The minimum atomic E-state index is 0.760. The molecule has 0 aliphatic heterocycles. The van der Waals surface area contributed by atoms with Gasteiger partial charge in [-0.15, -0.1) is 0 Å². The van der Waals surface area contributed by atoms with Crippen molar-refractivity contribution in [2.45, 2.75) is 6.42 Å². The molecule has 0 bridgehead atoms. The Morgan fingerprint density at radius 2 is 2.10 bits per heavy atom. The van der Waals surface area contributed by atoms with Crippen LogP contribution in [-0.4, -0.2) is 45.2 Å². The van der Waals surface area contributed by atoms with Gasteiger partial charge in [-0.3, -0.25) is 0 Å². The molecule has 0 heterocycles. The highest BCUT2D eigenvalue weighted by atomic mass is 15.1. The summed E-state index contributed by atoms with van der Waals surface area (Å²) in [4.78, 5) is 2.25. The Kier molecular flexibility index (Phi) is 6.91. The summed E-state index contributed by atoms with van der Waals surface area (Å²) in [6.07, 6.45) is 1.20. The zero-order chi connectivity index (χ0) is 7.82. The second-order valence-electron chi connectivity index (χ2n) is 2.55. The SMILES string of the molecule is CNCCCN(C)CCN. The third kappa shape index (κ3) is 6.01. The van der Waals surface area contributed by atoms with Crippen LogP contribution in [0.25, 0.3) is 0 Å². The van der Waals surface area contributed by atoms with Crippen molar-refractivity contribution in [3.8, 4) is 0 Å². The maximum Gasteiger partial charge on any atom is 0.0102 e. The molecule has 62 valence electrons. The molecule has 0 radical (unpaired) electrons. The van der Waals surface area contributed by atoms with Gasteiger partial charge in [-0.1, -0.05) is 0 Å². The van der Waals surface area contributed by atoms with Crippen LogP contribution in [0.4, 0.5) is 0 Å². The van der Waals surface area contributed by atoms with Gasteiger partial charge in [0, 0.05) is 13.1 Å². The van der Waals surface area contributed by atoms with E-state index in [1.54, 1.807) is 0 Å². The Labute approximate surface area is 63.6 Å². The summed E-state index contributed by atoms with van der Waals surface area (Å²) >= 11 is 0. The van der Waals surface area contributed by atoms with E-state index in [4.69, 9.17) is 5.73 Å². The largest absolute Gasteiger partial charge is 0.329 e. The first-order valence-electron chi connectivity index (χ1n) is 3.84. The summed E-state index contributed by atoms with van der Waals surface area (Å²) < 4.78 is 0. The van der Waals surface area contributed by atoms with Crippen LogP contribution in [0, 0.1) is 0 Å². The number of likely N-dealkylation sites (N-methyl/N-ethyl adjacent to an activating group) is 1. The maximum absolute atomic E-state index is 5.38. The van der Waals surface area contributed by atoms with Gasteiger partial charge in [0.1, 0.15) is 0 Å². The summed E-state index contributed by atoms with van der Waals surface area (Å²) in [5.41, 5.74) is 5.38. The van der Waals surface area contributed by atoms with E-state index in [0.29, 0.717) is 0 Å². The molecule has 10 heavy (non-hydrogen) atoms. The number of hydrogen-bond donors (Lipinski definition) is 2. The van der Waals surface area contributed by atoms with Crippen LogP contribution in [0.15, 0.2) is 0 Å². The van der Waals surface area contributed by atoms with Gasteiger partial charge in [0.2, 0.25) is 0 Å². The van der Waals surface area contributed by atoms with Crippen molar-refractivity contribution in [2.24, 2.45) is 5.73 Å². The third-order valence-electron chi connectivity index (χ3n) is 1.48. The Bertz CT molecular complexity index is 65.9. The predicted molar refractivity (Wildman–Crippen MR) is 45.1 cm³/mol. The van der Waals surface area contributed by atoms with Crippen molar-refractivity contribution < 1.29 is 0 Å². The molecule has 0 saturated carbocycles. The van der Waals surface area contributed by atoms with Gasteiger partial charge >= 0.3 is 0 Å². The minimum Gasteiger partial charge on any atom is -0.329 e. The standard InChI is InChI=1S/C7H19N3/c1-9-5-3-6-10(2)7-4-8/h9H,3-8H2,1-2H3. The lowest BCUT2D eigenvalue weighted by molar-refractivity contribution is 0.337. The van der Waals surface area contributed by atoms with Gasteiger partial charge in [-0.2, -0.15) is 0 Å². The molecule has 3 nitrogen and oxygen atoms in total. The number of nitrogens with one attached hydrogen (secondary N) is 1. The molecule has 0 atom stereocenters. The molecular formula is C7H19N3. The topological polar surface area (TPSA) is 41.3 Å². The van der Waals surface area contributed by atoms with E-state index in [1.165, 1.54) is 6.42 Å². The van der Waals surface area contributed by atoms with Gasteiger partial charge in [-0.05, 0) is 33.6 Å². The van der Waals surface area contributed by atoms with E-state index < -0.39 is 0 Å². The normalized spacial score (nSPS) is 10.8. The molecule has 0 aromatic carbocycles. The van der Waals surface area contributed by atoms with Crippen molar-refractivity contribution in [1.82, 2.24) is 10.2 Å². The van der Waals surface area contributed by atoms with Crippen LogP contribution >= 0.6 is 0 Å². The molecule has 3 heteroatoms. The molecule has 3 N–H and O–H groups in total. The van der Waals surface area contributed by atoms with Crippen molar-refractivity contribution >= 4 is 0 Å². The molecule has 0 saturated heterocycles. The van der Waals surface area contributed by atoms with Crippen LogP contribution in [0.2, 0.25) is 0 Å².